The molecule has 0 spiro atoms. The monoisotopic (exact) mass is 507 g/mol. The maximum absolute atomic E-state index is 10.3. The van der Waals surface area contributed by atoms with Crippen LogP contribution in [0.1, 0.15) is 36.3 Å². The maximum Gasteiger partial charge on any atom is 0.191 e. The van der Waals surface area contributed by atoms with Crippen molar-refractivity contribution in [3.63, 3.8) is 0 Å². The molecule has 1 atom stereocenters. The fraction of sp³-hybridized carbons (Fsp3) is 0.364. The van der Waals surface area contributed by atoms with Gasteiger partial charge in [0.25, 0.3) is 0 Å². The fourth-order valence-corrected chi connectivity index (χ4v) is 3.12. The smallest absolute Gasteiger partial charge is 0.191 e. The largest absolute Gasteiger partial charge is 0.388 e. The molecule has 7 heteroatoms. The normalized spacial score (nSPS) is 12.4. The zero-order chi connectivity index (χ0) is 19.8. The third kappa shape index (κ3) is 6.71. The van der Waals surface area contributed by atoms with Gasteiger partial charge in [0.2, 0.25) is 0 Å². The van der Waals surface area contributed by atoms with Gasteiger partial charge in [0, 0.05) is 38.4 Å². The molecule has 3 rings (SSSR count). The van der Waals surface area contributed by atoms with Gasteiger partial charge in [-0.1, -0.05) is 36.4 Å². The SMILES string of the molecule is CCNC(=NCCC(O)c1ccccc1)NCCc1cn2cccc(C)c2n1.I. The van der Waals surface area contributed by atoms with Gasteiger partial charge >= 0.3 is 0 Å². The number of fused-ring (bicyclic) bond motifs is 1. The standard InChI is InChI=1S/C22H29N5O.HI/c1-3-23-22(25-14-12-20(28)18-9-5-4-6-10-18)24-13-11-19-16-27-15-7-8-17(2)21(27)26-19;/h4-10,15-16,20,28H,3,11-14H2,1-2H3,(H2,23,24,25);1H. The molecule has 0 amide bonds. The summed E-state index contributed by atoms with van der Waals surface area (Å²) in [6.07, 6.45) is 5.01. The molecule has 2 heterocycles. The summed E-state index contributed by atoms with van der Waals surface area (Å²) in [5.41, 5.74) is 4.16. The second-order valence-corrected chi connectivity index (χ2v) is 6.81. The van der Waals surface area contributed by atoms with Gasteiger partial charge in [0.15, 0.2) is 5.96 Å². The lowest BCUT2D eigenvalue weighted by molar-refractivity contribution is 0.170. The summed E-state index contributed by atoms with van der Waals surface area (Å²) in [5, 5.41) is 16.9. The molecule has 3 aromatic rings. The van der Waals surface area contributed by atoms with E-state index in [9.17, 15) is 5.11 Å². The Morgan fingerprint density at radius 1 is 1.17 bits per heavy atom. The van der Waals surface area contributed by atoms with Crippen LogP contribution in [-0.2, 0) is 6.42 Å². The van der Waals surface area contributed by atoms with Crippen molar-refractivity contribution in [1.82, 2.24) is 20.0 Å². The molecule has 0 radical (unpaired) electrons. The van der Waals surface area contributed by atoms with Crippen LogP contribution in [0.25, 0.3) is 5.65 Å². The molecule has 0 fully saturated rings. The number of hydrogen-bond acceptors (Lipinski definition) is 3. The number of benzene rings is 1. The van der Waals surface area contributed by atoms with E-state index in [4.69, 9.17) is 4.98 Å². The number of aliphatic imine (C=N–C) groups is 1. The van der Waals surface area contributed by atoms with Crippen LogP contribution in [0.4, 0.5) is 0 Å². The highest BCUT2D eigenvalue weighted by atomic mass is 127. The minimum atomic E-state index is -0.492. The number of pyridine rings is 1. The highest BCUT2D eigenvalue weighted by Gasteiger charge is 2.07. The van der Waals surface area contributed by atoms with Crippen molar-refractivity contribution in [2.24, 2.45) is 4.99 Å². The van der Waals surface area contributed by atoms with Gasteiger partial charge < -0.3 is 20.1 Å². The molecule has 0 bridgehead atoms. The molecular weight excluding hydrogens is 477 g/mol. The number of rotatable bonds is 8. The Labute approximate surface area is 189 Å². The number of imidazole rings is 1. The number of aliphatic hydroxyl groups is 1. The van der Waals surface area contributed by atoms with Gasteiger partial charge in [-0.25, -0.2) is 4.98 Å². The van der Waals surface area contributed by atoms with Crippen molar-refractivity contribution in [2.45, 2.75) is 32.8 Å². The Morgan fingerprint density at radius 2 is 1.97 bits per heavy atom. The van der Waals surface area contributed by atoms with Crippen LogP contribution in [0.5, 0.6) is 0 Å². The first-order valence-corrected chi connectivity index (χ1v) is 9.85. The van der Waals surface area contributed by atoms with Gasteiger partial charge in [0.1, 0.15) is 5.65 Å². The Balaban J connectivity index is 0.00000300. The molecule has 0 saturated carbocycles. The van der Waals surface area contributed by atoms with Crippen molar-refractivity contribution >= 4 is 35.6 Å². The fourth-order valence-electron chi connectivity index (χ4n) is 3.12. The van der Waals surface area contributed by atoms with E-state index in [-0.39, 0.29) is 24.0 Å². The van der Waals surface area contributed by atoms with Crippen molar-refractivity contribution in [2.75, 3.05) is 19.6 Å². The third-order valence-electron chi connectivity index (χ3n) is 4.60. The van der Waals surface area contributed by atoms with Gasteiger partial charge in [0.05, 0.1) is 11.8 Å². The average Bonchev–Trinajstić information content (AvgIpc) is 3.13. The number of halogens is 1. The van der Waals surface area contributed by atoms with Crippen molar-refractivity contribution in [3.8, 4) is 0 Å². The molecule has 6 nitrogen and oxygen atoms in total. The summed E-state index contributed by atoms with van der Waals surface area (Å²) < 4.78 is 2.06. The summed E-state index contributed by atoms with van der Waals surface area (Å²) in [6.45, 7) is 6.21. The predicted octanol–water partition coefficient (Wildman–Crippen LogP) is 3.48. The lowest BCUT2D eigenvalue weighted by Crippen LogP contribution is -2.38. The zero-order valence-electron chi connectivity index (χ0n) is 17.0. The Kier molecular flexibility index (Phi) is 9.40. The van der Waals surface area contributed by atoms with Crippen LogP contribution >= 0.6 is 24.0 Å². The molecule has 0 saturated heterocycles. The molecule has 0 aliphatic carbocycles. The van der Waals surface area contributed by atoms with Crippen LogP contribution in [0.2, 0.25) is 0 Å². The second kappa shape index (κ2) is 11.8. The predicted molar refractivity (Wildman–Crippen MR) is 129 cm³/mol. The minimum Gasteiger partial charge on any atom is -0.388 e. The van der Waals surface area contributed by atoms with E-state index in [1.165, 1.54) is 5.56 Å². The van der Waals surface area contributed by atoms with E-state index in [0.29, 0.717) is 13.0 Å². The number of hydrogen-bond donors (Lipinski definition) is 3. The summed E-state index contributed by atoms with van der Waals surface area (Å²) >= 11 is 0. The molecule has 1 aromatic carbocycles. The second-order valence-electron chi connectivity index (χ2n) is 6.81. The number of aryl methyl sites for hydroxylation is 1. The first-order chi connectivity index (χ1) is 13.7. The molecule has 3 N–H and O–H groups in total. The van der Waals surface area contributed by atoms with Gasteiger partial charge in [-0.3, -0.25) is 4.99 Å². The van der Waals surface area contributed by atoms with E-state index in [1.54, 1.807) is 0 Å². The van der Waals surface area contributed by atoms with Gasteiger partial charge in [-0.2, -0.15) is 0 Å². The average molecular weight is 507 g/mol. The Hall–Kier alpha value is -2.13. The van der Waals surface area contributed by atoms with Crippen LogP contribution in [0.3, 0.4) is 0 Å². The number of aliphatic hydroxyl groups excluding tert-OH is 1. The third-order valence-corrected chi connectivity index (χ3v) is 4.60. The summed E-state index contributed by atoms with van der Waals surface area (Å²) in [6, 6.07) is 13.8. The Bertz CT molecular complexity index is 910. The molecule has 156 valence electrons. The maximum atomic E-state index is 10.3. The van der Waals surface area contributed by atoms with E-state index >= 15 is 0 Å². The number of guanidine groups is 1. The molecule has 29 heavy (non-hydrogen) atoms. The highest BCUT2D eigenvalue weighted by Crippen LogP contribution is 2.15. The van der Waals surface area contributed by atoms with Crippen LogP contribution in [0, 0.1) is 6.92 Å². The molecule has 0 aliphatic heterocycles. The van der Waals surface area contributed by atoms with E-state index in [1.807, 2.05) is 49.5 Å². The minimum absolute atomic E-state index is 0. The van der Waals surface area contributed by atoms with Crippen LogP contribution < -0.4 is 10.6 Å². The van der Waals surface area contributed by atoms with Crippen molar-refractivity contribution < 1.29 is 5.11 Å². The lowest BCUT2D eigenvalue weighted by atomic mass is 10.1. The van der Waals surface area contributed by atoms with E-state index in [2.05, 4.69) is 39.2 Å². The molecule has 0 aliphatic rings. The zero-order valence-corrected chi connectivity index (χ0v) is 19.3. The molecular formula is C22H30IN5O. The highest BCUT2D eigenvalue weighted by molar-refractivity contribution is 14.0. The summed E-state index contributed by atoms with van der Waals surface area (Å²) in [7, 11) is 0. The topological polar surface area (TPSA) is 74.0 Å². The Morgan fingerprint density at radius 3 is 2.69 bits per heavy atom. The number of nitrogens with one attached hydrogen (secondary N) is 2. The molecule has 2 aromatic heterocycles. The summed E-state index contributed by atoms with van der Waals surface area (Å²) in [4.78, 5) is 9.28. The van der Waals surface area contributed by atoms with Gasteiger partial charge in [-0.05, 0) is 37.5 Å². The first-order valence-electron chi connectivity index (χ1n) is 9.85. The van der Waals surface area contributed by atoms with E-state index in [0.717, 1.165) is 42.4 Å². The first kappa shape index (κ1) is 23.2. The van der Waals surface area contributed by atoms with Crippen LogP contribution in [0.15, 0.2) is 59.9 Å². The van der Waals surface area contributed by atoms with Gasteiger partial charge in [-0.15, -0.1) is 24.0 Å². The quantitative estimate of drug-likeness (QED) is 0.248. The number of aromatic nitrogens is 2. The molecule has 1 unspecified atom stereocenters. The lowest BCUT2D eigenvalue weighted by Gasteiger charge is -2.12. The van der Waals surface area contributed by atoms with E-state index < -0.39 is 6.10 Å². The summed E-state index contributed by atoms with van der Waals surface area (Å²) in [5.74, 6) is 0.766. The van der Waals surface area contributed by atoms with Crippen molar-refractivity contribution in [3.05, 3.63) is 71.7 Å². The van der Waals surface area contributed by atoms with Crippen molar-refractivity contribution in [1.29, 1.82) is 0 Å². The number of nitrogens with zero attached hydrogens (tertiary/aromatic N) is 3. The van der Waals surface area contributed by atoms with Crippen LogP contribution in [-0.4, -0.2) is 40.1 Å².